The van der Waals surface area contributed by atoms with E-state index in [2.05, 4.69) is 13.0 Å². The van der Waals surface area contributed by atoms with Gasteiger partial charge in [0.05, 0.1) is 5.56 Å². The van der Waals surface area contributed by atoms with Crippen molar-refractivity contribution in [1.29, 1.82) is 0 Å². The van der Waals surface area contributed by atoms with Crippen LogP contribution in [-0.4, -0.2) is 11.1 Å². The van der Waals surface area contributed by atoms with Crippen LogP contribution in [0.3, 0.4) is 0 Å². The Morgan fingerprint density at radius 3 is 2.38 bits per heavy atom. The third-order valence-electron chi connectivity index (χ3n) is 3.74. The Labute approximate surface area is 126 Å². The van der Waals surface area contributed by atoms with Crippen molar-refractivity contribution in [2.45, 2.75) is 39.0 Å². The van der Waals surface area contributed by atoms with Crippen molar-refractivity contribution < 1.29 is 9.90 Å². The van der Waals surface area contributed by atoms with Crippen LogP contribution in [-0.2, 0) is 6.42 Å². The van der Waals surface area contributed by atoms with Crippen molar-refractivity contribution in [2.24, 2.45) is 0 Å². The molecule has 0 aliphatic carbocycles. The van der Waals surface area contributed by atoms with Crippen LogP contribution in [0.2, 0.25) is 0 Å². The minimum absolute atomic E-state index is 0.397. The van der Waals surface area contributed by atoms with E-state index in [1.165, 1.54) is 19.3 Å². The maximum Gasteiger partial charge on any atom is 0.336 e. The molecule has 2 heteroatoms. The molecule has 2 aromatic carbocycles. The molecule has 0 atom stereocenters. The second-order valence-corrected chi connectivity index (χ2v) is 5.32. The Kier molecular flexibility index (Phi) is 5.56. The van der Waals surface area contributed by atoms with Gasteiger partial charge in [-0.1, -0.05) is 68.7 Å². The van der Waals surface area contributed by atoms with Crippen molar-refractivity contribution >= 4 is 5.97 Å². The molecule has 0 amide bonds. The average Bonchev–Trinajstić information content (AvgIpc) is 2.52. The van der Waals surface area contributed by atoms with Gasteiger partial charge >= 0.3 is 5.97 Å². The molecule has 0 bridgehead atoms. The SMILES string of the molecule is CCCCCCc1cccc(C(=O)O)c1-c1ccccc1. The van der Waals surface area contributed by atoms with Gasteiger partial charge in [0, 0.05) is 0 Å². The second-order valence-electron chi connectivity index (χ2n) is 5.32. The molecule has 0 radical (unpaired) electrons. The Morgan fingerprint density at radius 1 is 0.952 bits per heavy atom. The van der Waals surface area contributed by atoms with E-state index in [1.807, 2.05) is 36.4 Å². The third kappa shape index (κ3) is 3.94. The molecule has 1 N–H and O–H groups in total. The quantitative estimate of drug-likeness (QED) is 0.711. The molecule has 0 heterocycles. The number of hydrogen-bond donors (Lipinski definition) is 1. The second kappa shape index (κ2) is 7.63. The summed E-state index contributed by atoms with van der Waals surface area (Å²) in [5, 5.41) is 9.46. The highest BCUT2D eigenvalue weighted by molar-refractivity contribution is 5.97. The van der Waals surface area contributed by atoms with Crippen LogP contribution in [0.1, 0.15) is 48.5 Å². The Balaban J connectivity index is 2.36. The normalized spacial score (nSPS) is 10.5. The number of hydrogen-bond acceptors (Lipinski definition) is 1. The number of unbranched alkanes of at least 4 members (excludes halogenated alkanes) is 3. The lowest BCUT2D eigenvalue weighted by atomic mass is 9.91. The van der Waals surface area contributed by atoms with E-state index in [4.69, 9.17) is 0 Å². The largest absolute Gasteiger partial charge is 0.478 e. The lowest BCUT2D eigenvalue weighted by molar-refractivity contribution is 0.0697. The van der Waals surface area contributed by atoms with Crippen LogP contribution in [0.15, 0.2) is 48.5 Å². The van der Waals surface area contributed by atoms with Crippen molar-refractivity contribution in [1.82, 2.24) is 0 Å². The van der Waals surface area contributed by atoms with Crippen LogP contribution in [0.4, 0.5) is 0 Å². The lowest BCUT2D eigenvalue weighted by Crippen LogP contribution is -2.03. The fourth-order valence-electron chi connectivity index (χ4n) is 2.67. The molecule has 110 valence electrons. The highest BCUT2D eigenvalue weighted by Crippen LogP contribution is 2.29. The van der Waals surface area contributed by atoms with Crippen molar-refractivity contribution in [3.05, 3.63) is 59.7 Å². The summed E-state index contributed by atoms with van der Waals surface area (Å²) in [4.78, 5) is 11.5. The molecule has 2 nitrogen and oxygen atoms in total. The van der Waals surface area contributed by atoms with Gasteiger partial charge in [0.2, 0.25) is 0 Å². The topological polar surface area (TPSA) is 37.3 Å². The van der Waals surface area contributed by atoms with Gasteiger partial charge in [0.1, 0.15) is 0 Å². The summed E-state index contributed by atoms with van der Waals surface area (Å²) in [6.45, 7) is 2.19. The molecule has 2 aromatic rings. The van der Waals surface area contributed by atoms with Crippen molar-refractivity contribution in [3.63, 3.8) is 0 Å². The number of aromatic carboxylic acids is 1. The van der Waals surface area contributed by atoms with E-state index in [0.29, 0.717) is 5.56 Å². The van der Waals surface area contributed by atoms with E-state index >= 15 is 0 Å². The smallest absolute Gasteiger partial charge is 0.336 e. The highest BCUT2D eigenvalue weighted by Gasteiger charge is 2.15. The van der Waals surface area contributed by atoms with Gasteiger partial charge in [-0.2, -0.15) is 0 Å². The first kappa shape index (κ1) is 15.3. The Hall–Kier alpha value is -2.09. The average molecular weight is 282 g/mol. The number of carbonyl (C=O) groups is 1. The number of benzene rings is 2. The summed E-state index contributed by atoms with van der Waals surface area (Å²) in [5.74, 6) is -0.857. The summed E-state index contributed by atoms with van der Waals surface area (Å²) in [5.41, 5.74) is 3.40. The molecule has 0 spiro atoms. The number of carboxylic acid groups (broad SMARTS) is 1. The van der Waals surface area contributed by atoms with Crippen LogP contribution in [0.5, 0.6) is 0 Å². The van der Waals surface area contributed by atoms with E-state index < -0.39 is 5.97 Å². The van der Waals surface area contributed by atoms with E-state index in [0.717, 1.165) is 29.5 Å². The van der Waals surface area contributed by atoms with Crippen molar-refractivity contribution in [3.8, 4) is 11.1 Å². The minimum atomic E-state index is -0.857. The molecular formula is C19H22O2. The van der Waals surface area contributed by atoms with Crippen molar-refractivity contribution in [2.75, 3.05) is 0 Å². The van der Waals surface area contributed by atoms with Gasteiger partial charge in [-0.05, 0) is 35.6 Å². The van der Waals surface area contributed by atoms with Crippen LogP contribution in [0, 0.1) is 0 Å². The zero-order valence-corrected chi connectivity index (χ0v) is 12.5. The molecule has 2 rings (SSSR count). The van der Waals surface area contributed by atoms with E-state index in [1.54, 1.807) is 6.07 Å². The van der Waals surface area contributed by atoms with Crippen LogP contribution < -0.4 is 0 Å². The number of rotatable bonds is 7. The highest BCUT2D eigenvalue weighted by atomic mass is 16.4. The molecule has 21 heavy (non-hydrogen) atoms. The van der Waals surface area contributed by atoms with Gasteiger partial charge < -0.3 is 5.11 Å². The first-order valence-corrected chi connectivity index (χ1v) is 7.64. The number of carboxylic acids is 1. The summed E-state index contributed by atoms with van der Waals surface area (Å²) in [6.07, 6.45) is 5.68. The first-order valence-electron chi connectivity index (χ1n) is 7.64. The number of aryl methyl sites for hydroxylation is 1. The molecule has 0 aliphatic rings. The minimum Gasteiger partial charge on any atom is -0.478 e. The van der Waals surface area contributed by atoms with Gasteiger partial charge in [-0.3, -0.25) is 0 Å². The maximum atomic E-state index is 11.5. The monoisotopic (exact) mass is 282 g/mol. The van der Waals surface area contributed by atoms with E-state index in [-0.39, 0.29) is 0 Å². The molecule has 0 saturated heterocycles. The fraction of sp³-hybridized carbons (Fsp3) is 0.316. The molecule has 0 fully saturated rings. The van der Waals surface area contributed by atoms with Gasteiger partial charge in [0.15, 0.2) is 0 Å². The summed E-state index contributed by atoms with van der Waals surface area (Å²) in [6, 6.07) is 15.4. The molecule has 0 saturated carbocycles. The van der Waals surface area contributed by atoms with Crippen LogP contribution in [0.25, 0.3) is 11.1 Å². The van der Waals surface area contributed by atoms with E-state index in [9.17, 15) is 9.90 Å². The van der Waals surface area contributed by atoms with Gasteiger partial charge in [-0.15, -0.1) is 0 Å². The molecule has 0 aromatic heterocycles. The Bertz CT molecular complexity index is 588. The first-order chi connectivity index (χ1) is 10.2. The fourth-order valence-corrected chi connectivity index (χ4v) is 2.67. The van der Waals surface area contributed by atoms with Crippen LogP contribution >= 0.6 is 0 Å². The lowest BCUT2D eigenvalue weighted by Gasteiger charge is -2.13. The van der Waals surface area contributed by atoms with Gasteiger partial charge in [0.25, 0.3) is 0 Å². The van der Waals surface area contributed by atoms with Gasteiger partial charge in [-0.25, -0.2) is 4.79 Å². The summed E-state index contributed by atoms with van der Waals surface area (Å²) >= 11 is 0. The third-order valence-corrected chi connectivity index (χ3v) is 3.74. The molecular weight excluding hydrogens is 260 g/mol. The maximum absolute atomic E-state index is 11.5. The summed E-state index contributed by atoms with van der Waals surface area (Å²) in [7, 11) is 0. The zero-order chi connectivity index (χ0) is 15.1. The predicted molar refractivity (Wildman–Crippen MR) is 86.7 cm³/mol. The Morgan fingerprint density at radius 2 is 1.71 bits per heavy atom. The summed E-state index contributed by atoms with van der Waals surface area (Å²) < 4.78 is 0. The zero-order valence-electron chi connectivity index (χ0n) is 12.5. The standard InChI is InChI=1S/C19H22O2/c1-2-3-4-6-10-16-13-9-14-17(19(20)21)18(16)15-11-7-5-8-12-15/h5,7-9,11-14H,2-4,6,10H2,1H3,(H,20,21). The predicted octanol–water partition coefficient (Wildman–Crippen LogP) is 5.17. The molecule has 0 aliphatic heterocycles. The molecule has 0 unspecified atom stereocenters.